The second-order valence-corrected chi connectivity index (χ2v) is 5.39. The third kappa shape index (κ3) is 3.21. The van der Waals surface area contributed by atoms with E-state index in [1.165, 1.54) is 4.90 Å². The standard InChI is InChI=1S/C14H19F3N2/c1-9(2)19(8-14(15,16)17)13-6-3-10-7-11(18)4-5-12(10)13/h4-5,7,9,13H,3,6,8,18H2,1-2H3. The van der Waals surface area contributed by atoms with Crippen molar-refractivity contribution in [3.8, 4) is 0 Å². The molecule has 1 aliphatic rings. The van der Waals surface area contributed by atoms with Crippen molar-refractivity contribution in [2.75, 3.05) is 12.3 Å². The van der Waals surface area contributed by atoms with Gasteiger partial charge < -0.3 is 5.73 Å². The van der Waals surface area contributed by atoms with Crippen molar-refractivity contribution in [3.05, 3.63) is 29.3 Å². The van der Waals surface area contributed by atoms with E-state index >= 15 is 0 Å². The molecule has 0 saturated heterocycles. The molecule has 2 rings (SSSR count). The molecule has 0 saturated carbocycles. The number of hydrogen-bond acceptors (Lipinski definition) is 2. The first-order chi connectivity index (χ1) is 8.78. The van der Waals surface area contributed by atoms with E-state index in [2.05, 4.69) is 0 Å². The Hall–Kier alpha value is -1.23. The lowest BCUT2D eigenvalue weighted by Gasteiger charge is -2.33. The van der Waals surface area contributed by atoms with Crippen molar-refractivity contribution in [3.63, 3.8) is 0 Å². The van der Waals surface area contributed by atoms with Gasteiger partial charge in [-0.25, -0.2) is 0 Å². The number of nitrogens with two attached hydrogens (primary N) is 1. The molecule has 2 N–H and O–H groups in total. The first-order valence-electron chi connectivity index (χ1n) is 6.49. The van der Waals surface area contributed by atoms with Gasteiger partial charge >= 0.3 is 6.18 Å². The van der Waals surface area contributed by atoms with Crippen molar-refractivity contribution in [2.24, 2.45) is 0 Å². The molecule has 0 amide bonds. The Balaban J connectivity index is 2.26. The van der Waals surface area contributed by atoms with Crippen molar-refractivity contribution < 1.29 is 13.2 Å². The number of nitrogen functional groups attached to an aromatic ring is 1. The Morgan fingerprint density at radius 2 is 2.05 bits per heavy atom. The van der Waals surface area contributed by atoms with Crippen LogP contribution in [-0.4, -0.2) is 23.7 Å². The minimum Gasteiger partial charge on any atom is -0.399 e. The molecule has 0 bridgehead atoms. The molecule has 0 aliphatic heterocycles. The number of fused-ring (bicyclic) bond motifs is 1. The van der Waals surface area contributed by atoms with Gasteiger partial charge in [0.15, 0.2) is 0 Å². The number of anilines is 1. The highest BCUT2D eigenvalue weighted by Crippen LogP contribution is 2.38. The highest BCUT2D eigenvalue weighted by atomic mass is 19.4. The van der Waals surface area contributed by atoms with Crippen molar-refractivity contribution in [1.29, 1.82) is 0 Å². The van der Waals surface area contributed by atoms with Gasteiger partial charge in [-0.15, -0.1) is 0 Å². The lowest BCUT2D eigenvalue weighted by molar-refractivity contribution is -0.155. The quantitative estimate of drug-likeness (QED) is 0.853. The maximum Gasteiger partial charge on any atom is 0.401 e. The van der Waals surface area contributed by atoms with Crippen LogP contribution in [0.5, 0.6) is 0 Å². The van der Waals surface area contributed by atoms with Crippen molar-refractivity contribution in [1.82, 2.24) is 4.90 Å². The Morgan fingerprint density at radius 1 is 1.37 bits per heavy atom. The summed E-state index contributed by atoms with van der Waals surface area (Å²) in [6, 6.07) is 5.21. The fourth-order valence-corrected chi connectivity index (χ4v) is 2.82. The molecule has 5 heteroatoms. The van der Waals surface area contributed by atoms with Crippen LogP contribution in [0.1, 0.15) is 37.4 Å². The number of nitrogens with zero attached hydrogens (tertiary/aromatic N) is 1. The molecule has 1 unspecified atom stereocenters. The summed E-state index contributed by atoms with van der Waals surface area (Å²) in [6.45, 7) is 2.75. The molecule has 0 radical (unpaired) electrons. The summed E-state index contributed by atoms with van der Waals surface area (Å²) in [6.07, 6.45) is -2.64. The second-order valence-electron chi connectivity index (χ2n) is 5.39. The highest BCUT2D eigenvalue weighted by Gasteiger charge is 2.37. The molecule has 2 nitrogen and oxygen atoms in total. The van der Waals surface area contributed by atoms with E-state index in [4.69, 9.17) is 5.73 Å². The summed E-state index contributed by atoms with van der Waals surface area (Å²) in [5.74, 6) is 0. The zero-order valence-corrected chi connectivity index (χ0v) is 11.2. The minimum atomic E-state index is -4.17. The van der Waals surface area contributed by atoms with E-state index in [1.54, 1.807) is 19.9 Å². The van der Waals surface area contributed by atoms with Crippen LogP contribution < -0.4 is 5.73 Å². The average molecular weight is 272 g/mol. The van der Waals surface area contributed by atoms with Crippen LogP contribution >= 0.6 is 0 Å². The smallest absolute Gasteiger partial charge is 0.399 e. The van der Waals surface area contributed by atoms with Crippen LogP contribution in [0.2, 0.25) is 0 Å². The fourth-order valence-electron chi connectivity index (χ4n) is 2.82. The molecular weight excluding hydrogens is 253 g/mol. The molecule has 1 aromatic rings. The Bertz CT molecular complexity index is 454. The summed E-state index contributed by atoms with van der Waals surface area (Å²) >= 11 is 0. The predicted octanol–water partition coefficient (Wildman–Crippen LogP) is 3.53. The fraction of sp³-hybridized carbons (Fsp3) is 0.571. The van der Waals surface area contributed by atoms with Gasteiger partial charge in [0.2, 0.25) is 0 Å². The molecule has 1 aromatic carbocycles. The Kier molecular flexibility index (Phi) is 3.76. The van der Waals surface area contributed by atoms with Gasteiger partial charge in [-0.2, -0.15) is 13.2 Å². The Labute approximate surface area is 111 Å². The van der Waals surface area contributed by atoms with Gasteiger partial charge in [-0.05, 0) is 49.9 Å². The second kappa shape index (κ2) is 5.04. The van der Waals surface area contributed by atoms with Gasteiger partial charge in [-0.1, -0.05) is 6.07 Å². The average Bonchev–Trinajstić information content (AvgIpc) is 2.67. The van der Waals surface area contributed by atoms with Gasteiger partial charge in [0.1, 0.15) is 0 Å². The molecule has 0 fully saturated rings. The van der Waals surface area contributed by atoms with Gasteiger partial charge in [0, 0.05) is 17.8 Å². The topological polar surface area (TPSA) is 29.3 Å². The molecular formula is C14H19F3N2. The number of rotatable bonds is 3. The monoisotopic (exact) mass is 272 g/mol. The Morgan fingerprint density at radius 3 is 2.63 bits per heavy atom. The molecule has 0 heterocycles. The van der Waals surface area contributed by atoms with E-state index in [-0.39, 0.29) is 12.1 Å². The van der Waals surface area contributed by atoms with Crippen LogP contribution in [0, 0.1) is 0 Å². The first-order valence-corrected chi connectivity index (χ1v) is 6.49. The van der Waals surface area contributed by atoms with Gasteiger partial charge in [0.25, 0.3) is 0 Å². The number of halogens is 3. The maximum absolute atomic E-state index is 12.7. The number of alkyl halides is 3. The number of aryl methyl sites for hydroxylation is 1. The van der Waals surface area contributed by atoms with Crippen LogP contribution in [-0.2, 0) is 6.42 Å². The molecule has 1 atom stereocenters. The van der Waals surface area contributed by atoms with Gasteiger partial charge in [0.05, 0.1) is 6.54 Å². The van der Waals surface area contributed by atoms with E-state index in [9.17, 15) is 13.2 Å². The number of hydrogen-bond donors (Lipinski definition) is 1. The zero-order valence-electron chi connectivity index (χ0n) is 11.2. The molecule has 1 aliphatic carbocycles. The first kappa shape index (κ1) is 14.2. The summed E-state index contributed by atoms with van der Waals surface area (Å²) in [5, 5.41) is 0. The molecule has 0 spiro atoms. The summed E-state index contributed by atoms with van der Waals surface area (Å²) < 4.78 is 38.1. The van der Waals surface area contributed by atoms with Crippen LogP contribution in [0.4, 0.5) is 18.9 Å². The third-order valence-corrected chi connectivity index (χ3v) is 3.64. The zero-order chi connectivity index (χ0) is 14.2. The van der Waals surface area contributed by atoms with Crippen LogP contribution in [0.15, 0.2) is 18.2 Å². The van der Waals surface area contributed by atoms with Crippen molar-refractivity contribution >= 4 is 5.69 Å². The number of benzene rings is 1. The summed E-state index contributed by atoms with van der Waals surface area (Å²) in [4.78, 5) is 1.53. The summed E-state index contributed by atoms with van der Waals surface area (Å²) in [5.41, 5.74) is 8.47. The van der Waals surface area contributed by atoms with Gasteiger partial charge in [-0.3, -0.25) is 4.90 Å². The van der Waals surface area contributed by atoms with E-state index < -0.39 is 12.7 Å². The highest BCUT2D eigenvalue weighted by molar-refractivity contribution is 5.47. The molecule has 106 valence electrons. The third-order valence-electron chi connectivity index (χ3n) is 3.64. The van der Waals surface area contributed by atoms with E-state index in [0.29, 0.717) is 5.69 Å². The van der Waals surface area contributed by atoms with Crippen LogP contribution in [0.25, 0.3) is 0 Å². The van der Waals surface area contributed by atoms with E-state index in [0.717, 1.165) is 24.0 Å². The van der Waals surface area contributed by atoms with E-state index in [1.807, 2.05) is 12.1 Å². The predicted molar refractivity (Wildman–Crippen MR) is 69.8 cm³/mol. The minimum absolute atomic E-state index is 0.143. The SMILES string of the molecule is CC(C)N(CC(F)(F)F)C1CCc2cc(N)ccc21. The largest absolute Gasteiger partial charge is 0.401 e. The van der Waals surface area contributed by atoms with Crippen molar-refractivity contribution in [2.45, 2.75) is 44.9 Å². The molecule has 0 aromatic heterocycles. The lowest BCUT2D eigenvalue weighted by atomic mass is 10.0. The normalized spacial score (nSPS) is 19.2. The van der Waals surface area contributed by atoms with Crippen LogP contribution in [0.3, 0.4) is 0 Å². The molecule has 19 heavy (non-hydrogen) atoms. The summed E-state index contributed by atoms with van der Waals surface area (Å²) in [7, 11) is 0. The lowest BCUT2D eigenvalue weighted by Crippen LogP contribution is -2.41. The maximum atomic E-state index is 12.7.